The first-order chi connectivity index (χ1) is 19.3. The number of nitrogens with zero attached hydrogens (tertiary/aromatic N) is 2. The van der Waals surface area contributed by atoms with Crippen LogP contribution in [0.1, 0.15) is 32.0 Å². The van der Waals surface area contributed by atoms with Crippen LogP contribution in [0.4, 0.5) is 29.5 Å². The van der Waals surface area contributed by atoms with Crippen molar-refractivity contribution in [2.45, 2.75) is 38.7 Å². The van der Waals surface area contributed by atoms with Crippen LogP contribution in [0.15, 0.2) is 54.6 Å². The number of fused-ring (bicyclic) bond motifs is 1. The maximum Gasteiger partial charge on any atom is 0.324 e. The summed E-state index contributed by atoms with van der Waals surface area (Å²) in [5, 5.41) is 32.2. The number of carbonyl (C=O) groups excluding carboxylic acids is 2. The number of halogens is 3. The Morgan fingerprint density at radius 3 is 2.39 bits per heavy atom. The highest BCUT2D eigenvalue weighted by molar-refractivity contribution is 5.99. The molecule has 9 nitrogen and oxygen atoms in total. The van der Waals surface area contributed by atoms with E-state index in [0.29, 0.717) is 29.1 Å². The Morgan fingerprint density at radius 2 is 1.68 bits per heavy atom. The van der Waals surface area contributed by atoms with Crippen LogP contribution in [0, 0.1) is 17.5 Å². The van der Waals surface area contributed by atoms with E-state index in [1.165, 1.54) is 4.68 Å². The average molecular weight is 570 g/mol. The van der Waals surface area contributed by atoms with Crippen molar-refractivity contribution in [3.05, 3.63) is 83.3 Å². The zero-order valence-corrected chi connectivity index (χ0v) is 22.6. The number of nitrogens with one attached hydrogen (secondary N) is 3. The smallest absolute Gasteiger partial charge is 0.324 e. The zero-order valence-electron chi connectivity index (χ0n) is 22.6. The quantitative estimate of drug-likeness (QED) is 0.201. The van der Waals surface area contributed by atoms with Gasteiger partial charge in [-0.25, -0.2) is 22.6 Å². The molecule has 41 heavy (non-hydrogen) atoms. The Kier molecular flexibility index (Phi) is 8.64. The fourth-order valence-electron chi connectivity index (χ4n) is 4.09. The number of aliphatic hydroxyl groups is 2. The number of aromatic nitrogens is 2. The summed E-state index contributed by atoms with van der Waals surface area (Å²) in [6.07, 6.45) is -1.12. The molecule has 0 spiro atoms. The van der Waals surface area contributed by atoms with Crippen molar-refractivity contribution in [1.29, 1.82) is 0 Å². The van der Waals surface area contributed by atoms with Crippen molar-refractivity contribution in [3.63, 3.8) is 0 Å². The number of urea groups is 1. The Labute approximate surface area is 234 Å². The van der Waals surface area contributed by atoms with Crippen LogP contribution in [0.2, 0.25) is 0 Å². The number of hydrogen-bond donors (Lipinski definition) is 5. The Morgan fingerprint density at radius 1 is 0.976 bits per heavy atom. The molecule has 0 bridgehead atoms. The van der Waals surface area contributed by atoms with Gasteiger partial charge in [0.2, 0.25) is 5.91 Å². The summed E-state index contributed by atoms with van der Waals surface area (Å²) in [5.74, 6) is -4.02. The van der Waals surface area contributed by atoms with Crippen molar-refractivity contribution in [1.82, 2.24) is 15.1 Å². The predicted octanol–water partition coefficient (Wildman–Crippen LogP) is 4.40. The number of rotatable bonds is 8. The third-order valence-corrected chi connectivity index (χ3v) is 6.25. The van der Waals surface area contributed by atoms with Gasteiger partial charge in [-0.15, -0.1) is 0 Å². The van der Waals surface area contributed by atoms with Crippen molar-refractivity contribution in [3.8, 4) is 5.69 Å². The van der Waals surface area contributed by atoms with Gasteiger partial charge < -0.3 is 20.8 Å². The highest BCUT2D eigenvalue weighted by Crippen LogP contribution is 2.30. The van der Waals surface area contributed by atoms with Crippen molar-refractivity contribution < 1.29 is 33.0 Å². The van der Waals surface area contributed by atoms with E-state index in [1.807, 2.05) is 51.1 Å². The molecule has 1 heterocycles. The minimum absolute atomic E-state index is 0.0431. The lowest BCUT2D eigenvalue weighted by Gasteiger charge is -2.15. The van der Waals surface area contributed by atoms with Gasteiger partial charge in [0.25, 0.3) is 0 Å². The van der Waals surface area contributed by atoms with Crippen molar-refractivity contribution >= 4 is 34.2 Å². The summed E-state index contributed by atoms with van der Waals surface area (Å²) in [7, 11) is 0. The first-order valence-electron chi connectivity index (χ1n) is 12.8. The minimum atomic E-state index is -1.38. The molecule has 3 aromatic carbocycles. The summed E-state index contributed by atoms with van der Waals surface area (Å²) in [5.41, 5.74) is 0.774. The van der Waals surface area contributed by atoms with Crippen molar-refractivity contribution in [2.24, 2.45) is 0 Å². The van der Waals surface area contributed by atoms with Crippen LogP contribution in [0.25, 0.3) is 16.5 Å². The van der Waals surface area contributed by atoms with Crippen LogP contribution >= 0.6 is 0 Å². The first kappa shape index (κ1) is 29.6. The summed E-state index contributed by atoms with van der Waals surface area (Å²) in [6.45, 7) is 5.19. The van der Waals surface area contributed by atoms with Gasteiger partial charge in [-0.1, -0.05) is 45.0 Å². The van der Waals surface area contributed by atoms with Crippen LogP contribution in [0.3, 0.4) is 0 Å². The van der Waals surface area contributed by atoms with E-state index in [4.69, 9.17) is 5.11 Å². The van der Waals surface area contributed by atoms with E-state index in [9.17, 15) is 27.9 Å². The van der Waals surface area contributed by atoms with Gasteiger partial charge in [0.05, 0.1) is 36.2 Å². The van der Waals surface area contributed by atoms with Gasteiger partial charge in [-0.3, -0.25) is 10.1 Å². The van der Waals surface area contributed by atoms with Crippen LogP contribution in [-0.4, -0.2) is 51.2 Å². The largest absolute Gasteiger partial charge is 0.394 e. The fraction of sp³-hybridized carbons (Fsp3) is 0.276. The molecule has 1 aromatic heterocycles. The third-order valence-electron chi connectivity index (χ3n) is 6.25. The molecular formula is C29H30F3N5O4. The molecule has 3 amide bonds. The Balaban J connectivity index is 1.71. The average Bonchev–Trinajstić information content (AvgIpc) is 3.34. The normalized spacial score (nSPS) is 12.3. The second-order valence-corrected chi connectivity index (χ2v) is 10.5. The lowest BCUT2D eigenvalue weighted by Crippen LogP contribution is -2.34. The summed E-state index contributed by atoms with van der Waals surface area (Å²) >= 11 is 0. The minimum Gasteiger partial charge on any atom is -0.394 e. The first-order valence-corrected chi connectivity index (χ1v) is 12.8. The molecule has 0 aliphatic heterocycles. The highest BCUT2D eigenvalue weighted by Gasteiger charge is 2.23. The number of amides is 3. The molecule has 0 aliphatic carbocycles. The number of anilines is 2. The maximum absolute atomic E-state index is 14.1. The predicted molar refractivity (Wildman–Crippen MR) is 149 cm³/mol. The third kappa shape index (κ3) is 7.02. The molecule has 1 atom stereocenters. The number of aliphatic hydroxyl groups excluding tert-OH is 2. The fourth-order valence-corrected chi connectivity index (χ4v) is 4.09. The second kappa shape index (κ2) is 12.0. The lowest BCUT2D eigenvalue weighted by atomic mass is 9.92. The van der Waals surface area contributed by atoms with Gasteiger partial charge >= 0.3 is 6.03 Å². The van der Waals surface area contributed by atoms with E-state index in [2.05, 4.69) is 21.0 Å². The molecule has 1 unspecified atom stereocenters. The Bertz CT molecular complexity index is 1600. The standard InChI is InChI=1S/C29H30F3N5O4/c1-29(2,3)25-13-26(35-28(41)34-24-12-22(31)21(30)11-23(24)32)37(36-25)18-8-16-6-4-5-7-20(16)17(9-18)10-27(40)33-14-19(39)15-38/h4-9,11-13,19,38-39H,10,14-15H2,1-3H3,(H,33,40)(H2,34,35,41). The molecule has 0 aliphatic rings. The van der Waals surface area contributed by atoms with E-state index >= 15 is 0 Å². The topological polar surface area (TPSA) is 129 Å². The van der Waals surface area contributed by atoms with E-state index < -0.39 is 47.3 Å². The zero-order chi connectivity index (χ0) is 29.9. The van der Waals surface area contributed by atoms with Gasteiger partial charge in [-0.05, 0) is 28.5 Å². The Hall–Kier alpha value is -4.42. The van der Waals surface area contributed by atoms with Gasteiger partial charge in [0.1, 0.15) is 11.6 Å². The molecule has 216 valence electrons. The van der Waals surface area contributed by atoms with Gasteiger partial charge in [0.15, 0.2) is 11.6 Å². The van der Waals surface area contributed by atoms with E-state index in [-0.39, 0.29) is 24.7 Å². The van der Waals surface area contributed by atoms with Gasteiger partial charge in [0, 0.05) is 30.2 Å². The lowest BCUT2D eigenvalue weighted by molar-refractivity contribution is -0.121. The molecule has 0 saturated carbocycles. The molecule has 5 N–H and O–H groups in total. The summed E-state index contributed by atoms with van der Waals surface area (Å²) < 4.78 is 42.5. The molecular weight excluding hydrogens is 539 g/mol. The molecule has 0 saturated heterocycles. The van der Waals surface area contributed by atoms with Crippen LogP contribution < -0.4 is 16.0 Å². The van der Waals surface area contributed by atoms with E-state index in [1.54, 1.807) is 12.1 Å². The highest BCUT2D eigenvalue weighted by atomic mass is 19.2. The summed E-state index contributed by atoms with van der Waals surface area (Å²) in [4.78, 5) is 25.5. The summed E-state index contributed by atoms with van der Waals surface area (Å²) in [6, 6.07) is 12.5. The monoisotopic (exact) mass is 569 g/mol. The number of benzene rings is 3. The van der Waals surface area contributed by atoms with Gasteiger partial charge in [-0.2, -0.15) is 5.10 Å². The molecule has 4 aromatic rings. The molecule has 0 fully saturated rings. The number of hydrogen-bond acceptors (Lipinski definition) is 5. The number of carbonyl (C=O) groups is 2. The molecule has 0 radical (unpaired) electrons. The maximum atomic E-state index is 14.1. The second-order valence-electron chi connectivity index (χ2n) is 10.5. The SMILES string of the molecule is CC(C)(C)c1cc(NC(=O)Nc2cc(F)c(F)cc2F)n(-c2cc(CC(=O)NCC(O)CO)c3ccccc3c2)n1. The van der Waals surface area contributed by atoms with Crippen LogP contribution in [-0.2, 0) is 16.6 Å². The molecule has 12 heteroatoms. The van der Waals surface area contributed by atoms with E-state index in [0.717, 1.165) is 10.8 Å². The van der Waals surface area contributed by atoms with Crippen molar-refractivity contribution in [2.75, 3.05) is 23.8 Å². The molecule has 4 rings (SSSR count). The van der Waals surface area contributed by atoms with Crippen LogP contribution in [0.5, 0.6) is 0 Å².